The van der Waals surface area contributed by atoms with Crippen molar-refractivity contribution in [3.8, 4) is 11.5 Å². The fourth-order valence-electron chi connectivity index (χ4n) is 3.36. The third-order valence-electron chi connectivity index (χ3n) is 5.01. The van der Waals surface area contributed by atoms with Crippen LogP contribution in [0.2, 0.25) is 0 Å². The topological polar surface area (TPSA) is 84.9 Å². The second-order valence-corrected chi connectivity index (χ2v) is 9.42. The van der Waals surface area contributed by atoms with Gasteiger partial charge >= 0.3 is 0 Å². The minimum Gasteiger partial charge on any atom is -0.493 e. The van der Waals surface area contributed by atoms with Gasteiger partial charge in [-0.3, -0.25) is 19.3 Å². The van der Waals surface area contributed by atoms with Crippen LogP contribution in [-0.4, -0.2) is 35.7 Å². The lowest BCUT2D eigenvalue weighted by atomic mass is 10.1. The van der Waals surface area contributed by atoms with Gasteiger partial charge in [-0.1, -0.05) is 52.3 Å². The highest BCUT2D eigenvalue weighted by atomic mass is 79.9. The lowest BCUT2D eigenvalue weighted by Gasteiger charge is -2.13. The highest BCUT2D eigenvalue weighted by Gasteiger charge is 2.35. The van der Waals surface area contributed by atoms with Gasteiger partial charge in [-0.25, -0.2) is 0 Å². The fraction of sp³-hybridized carbons (Fsp3) is 0.115. The Morgan fingerprint density at radius 3 is 2.57 bits per heavy atom. The van der Waals surface area contributed by atoms with E-state index in [1.54, 1.807) is 36.4 Å². The molecule has 1 fully saturated rings. The SMILES string of the molecule is COc1cc(/C=C2\SC(=O)N(Cc3cccc(Br)c3)C2=O)ccc1OCC(=O)Nc1ccccc1. The Kier molecular flexibility index (Phi) is 7.89. The molecule has 3 aromatic rings. The molecular formula is C26H21BrN2O5S. The molecule has 0 atom stereocenters. The Labute approximate surface area is 215 Å². The first-order valence-electron chi connectivity index (χ1n) is 10.6. The van der Waals surface area contributed by atoms with Crippen LogP contribution in [0.1, 0.15) is 11.1 Å². The number of nitrogens with zero attached hydrogens (tertiary/aromatic N) is 1. The van der Waals surface area contributed by atoms with Crippen molar-refractivity contribution in [3.05, 3.63) is 93.3 Å². The Hall–Kier alpha value is -3.56. The number of carbonyl (C=O) groups is 3. The van der Waals surface area contributed by atoms with Gasteiger partial charge in [-0.2, -0.15) is 0 Å². The fourth-order valence-corrected chi connectivity index (χ4v) is 4.65. The third-order valence-corrected chi connectivity index (χ3v) is 6.41. The van der Waals surface area contributed by atoms with Crippen LogP contribution >= 0.6 is 27.7 Å². The molecule has 9 heteroatoms. The van der Waals surface area contributed by atoms with Crippen molar-refractivity contribution in [1.82, 2.24) is 4.90 Å². The van der Waals surface area contributed by atoms with Crippen molar-refractivity contribution in [3.63, 3.8) is 0 Å². The number of amides is 3. The zero-order chi connectivity index (χ0) is 24.8. The van der Waals surface area contributed by atoms with Crippen LogP contribution < -0.4 is 14.8 Å². The molecule has 3 aromatic carbocycles. The van der Waals surface area contributed by atoms with Gasteiger partial charge in [0.1, 0.15) is 0 Å². The molecule has 1 aliphatic rings. The van der Waals surface area contributed by atoms with E-state index in [0.29, 0.717) is 27.7 Å². The number of para-hydroxylation sites is 1. The van der Waals surface area contributed by atoms with Crippen LogP contribution in [0.15, 0.2) is 82.2 Å². The lowest BCUT2D eigenvalue weighted by molar-refractivity contribution is -0.123. The van der Waals surface area contributed by atoms with Crippen LogP contribution in [0.5, 0.6) is 11.5 Å². The van der Waals surface area contributed by atoms with Gasteiger partial charge in [0.15, 0.2) is 18.1 Å². The first-order chi connectivity index (χ1) is 16.9. The number of hydrogen-bond donors (Lipinski definition) is 1. The minimum atomic E-state index is -0.350. The Morgan fingerprint density at radius 2 is 1.83 bits per heavy atom. The molecule has 1 aliphatic heterocycles. The quantitative estimate of drug-likeness (QED) is 0.360. The zero-order valence-electron chi connectivity index (χ0n) is 18.7. The number of imide groups is 1. The van der Waals surface area contributed by atoms with Crippen molar-refractivity contribution in [2.45, 2.75) is 6.54 Å². The van der Waals surface area contributed by atoms with Gasteiger partial charge in [0, 0.05) is 10.2 Å². The second kappa shape index (κ2) is 11.2. The summed E-state index contributed by atoms with van der Waals surface area (Å²) in [4.78, 5) is 39.0. The van der Waals surface area contributed by atoms with E-state index >= 15 is 0 Å². The summed E-state index contributed by atoms with van der Waals surface area (Å²) < 4.78 is 11.9. The first kappa shape index (κ1) is 24.6. The van der Waals surface area contributed by atoms with Crippen molar-refractivity contribution in [2.75, 3.05) is 19.0 Å². The van der Waals surface area contributed by atoms with E-state index < -0.39 is 0 Å². The molecule has 0 aromatic heterocycles. The molecule has 0 bridgehead atoms. The van der Waals surface area contributed by atoms with Crippen LogP contribution in [0.3, 0.4) is 0 Å². The molecule has 7 nitrogen and oxygen atoms in total. The van der Waals surface area contributed by atoms with Gasteiger partial charge in [0.2, 0.25) is 0 Å². The number of nitrogens with one attached hydrogen (secondary N) is 1. The average molecular weight is 553 g/mol. The van der Waals surface area contributed by atoms with E-state index in [9.17, 15) is 14.4 Å². The molecule has 1 N–H and O–H groups in total. The molecular weight excluding hydrogens is 532 g/mol. The average Bonchev–Trinajstić information content (AvgIpc) is 3.11. The normalized spacial score (nSPS) is 14.3. The number of carbonyl (C=O) groups excluding carboxylic acids is 3. The predicted molar refractivity (Wildman–Crippen MR) is 139 cm³/mol. The maximum atomic E-state index is 12.9. The van der Waals surface area contributed by atoms with E-state index in [1.807, 2.05) is 42.5 Å². The third kappa shape index (κ3) is 6.32. The van der Waals surface area contributed by atoms with E-state index in [2.05, 4.69) is 21.2 Å². The van der Waals surface area contributed by atoms with Gasteiger partial charge < -0.3 is 14.8 Å². The molecule has 0 aliphatic carbocycles. The van der Waals surface area contributed by atoms with Gasteiger partial charge in [-0.05, 0) is 65.4 Å². The van der Waals surface area contributed by atoms with E-state index in [0.717, 1.165) is 21.8 Å². The van der Waals surface area contributed by atoms with E-state index in [1.165, 1.54) is 12.0 Å². The molecule has 178 valence electrons. The molecule has 1 saturated heterocycles. The summed E-state index contributed by atoms with van der Waals surface area (Å²) in [7, 11) is 1.49. The number of benzene rings is 3. The highest BCUT2D eigenvalue weighted by Crippen LogP contribution is 2.35. The molecule has 3 amide bonds. The molecule has 35 heavy (non-hydrogen) atoms. The summed E-state index contributed by atoms with van der Waals surface area (Å²) in [6, 6.07) is 21.6. The summed E-state index contributed by atoms with van der Waals surface area (Å²) in [6.45, 7) is 0.00167. The zero-order valence-corrected chi connectivity index (χ0v) is 21.1. The summed E-state index contributed by atoms with van der Waals surface area (Å²) >= 11 is 4.30. The number of hydrogen-bond acceptors (Lipinski definition) is 6. The number of anilines is 1. The minimum absolute atomic E-state index is 0.195. The van der Waals surface area contributed by atoms with Gasteiger partial charge in [-0.15, -0.1) is 0 Å². The predicted octanol–water partition coefficient (Wildman–Crippen LogP) is 5.71. The largest absolute Gasteiger partial charge is 0.493 e. The summed E-state index contributed by atoms with van der Waals surface area (Å²) in [5, 5.41) is 2.43. The number of thioether (sulfide) groups is 1. The molecule has 4 rings (SSSR count). The number of methoxy groups -OCH3 is 1. The van der Waals surface area contributed by atoms with Crippen molar-refractivity contribution in [2.24, 2.45) is 0 Å². The maximum Gasteiger partial charge on any atom is 0.293 e. The van der Waals surface area contributed by atoms with Crippen molar-refractivity contribution < 1.29 is 23.9 Å². The van der Waals surface area contributed by atoms with Crippen LogP contribution in [0.25, 0.3) is 6.08 Å². The lowest BCUT2D eigenvalue weighted by Crippen LogP contribution is -2.27. The monoisotopic (exact) mass is 552 g/mol. The number of ether oxygens (including phenoxy) is 2. The number of rotatable bonds is 8. The Balaban J connectivity index is 1.42. The Morgan fingerprint density at radius 1 is 1.03 bits per heavy atom. The first-order valence-corrected chi connectivity index (χ1v) is 12.2. The molecule has 0 unspecified atom stereocenters. The van der Waals surface area contributed by atoms with Crippen LogP contribution in [0, 0.1) is 0 Å². The van der Waals surface area contributed by atoms with Crippen LogP contribution in [-0.2, 0) is 16.1 Å². The summed E-state index contributed by atoms with van der Waals surface area (Å²) in [5.41, 5.74) is 2.19. The van der Waals surface area contributed by atoms with Crippen molar-refractivity contribution >= 4 is 56.5 Å². The van der Waals surface area contributed by atoms with E-state index in [4.69, 9.17) is 9.47 Å². The highest BCUT2D eigenvalue weighted by molar-refractivity contribution is 9.10. The molecule has 0 saturated carbocycles. The maximum absolute atomic E-state index is 12.9. The molecule has 0 spiro atoms. The summed E-state index contributed by atoms with van der Waals surface area (Å²) in [5.74, 6) is 0.133. The van der Waals surface area contributed by atoms with Gasteiger partial charge in [0.05, 0.1) is 18.6 Å². The van der Waals surface area contributed by atoms with E-state index in [-0.39, 0.29) is 30.2 Å². The molecule has 1 heterocycles. The number of halogens is 1. The smallest absolute Gasteiger partial charge is 0.293 e. The van der Waals surface area contributed by atoms with Crippen molar-refractivity contribution in [1.29, 1.82) is 0 Å². The second-order valence-electron chi connectivity index (χ2n) is 7.51. The standard InChI is InChI=1S/C26H21BrN2O5S/c1-33-22-13-17(10-11-21(22)34-16-24(30)28-20-8-3-2-4-9-20)14-23-25(31)29(26(32)35-23)15-18-6-5-7-19(27)12-18/h2-14H,15-16H2,1H3,(H,28,30)/b23-14-. The van der Waals surface area contributed by atoms with Crippen LogP contribution in [0.4, 0.5) is 10.5 Å². The van der Waals surface area contributed by atoms with Gasteiger partial charge in [0.25, 0.3) is 17.1 Å². The molecule has 0 radical (unpaired) electrons. The Bertz CT molecular complexity index is 1300. The summed E-state index contributed by atoms with van der Waals surface area (Å²) in [6.07, 6.45) is 1.64.